The third kappa shape index (κ3) is 5.47. The number of rotatable bonds is 9. The number of hydrogen-bond donors (Lipinski definition) is 1. The zero-order valence-electron chi connectivity index (χ0n) is 18.3. The Labute approximate surface area is 191 Å². The molecule has 164 valence electrons. The van der Waals surface area contributed by atoms with Crippen LogP contribution < -0.4 is 19.5 Å². The molecular weight excluding hydrogens is 460 g/mol. The van der Waals surface area contributed by atoms with Gasteiger partial charge in [-0.15, -0.1) is 0 Å². The maximum absolute atomic E-state index is 13.0. The van der Waals surface area contributed by atoms with Crippen LogP contribution in [0.5, 0.6) is 17.2 Å². The van der Waals surface area contributed by atoms with Gasteiger partial charge in [0, 0.05) is 22.1 Å². The second-order valence-electron chi connectivity index (χ2n) is 6.88. The molecule has 0 aliphatic heterocycles. The number of aryl methyl sites for hydroxylation is 1. The molecule has 3 aromatic rings. The highest BCUT2D eigenvalue weighted by Gasteiger charge is 2.17. The van der Waals surface area contributed by atoms with E-state index < -0.39 is 0 Å². The summed E-state index contributed by atoms with van der Waals surface area (Å²) in [5.41, 5.74) is 3.02. The van der Waals surface area contributed by atoms with Crippen LogP contribution in [0.2, 0.25) is 0 Å². The number of pyridine rings is 1. The number of nitrogens with zero attached hydrogens (tertiary/aromatic N) is 1. The zero-order chi connectivity index (χ0) is 22.4. The van der Waals surface area contributed by atoms with E-state index in [9.17, 15) is 4.79 Å². The summed E-state index contributed by atoms with van der Waals surface area (Å²) in [5.74, 6) is 1.63. The molecule has 0 atom stereocenters. The monoisotopic (exact) mass is 486 g/mol. The van der Waals surface area contributed by atoms with Crippen molar-refractivity contribution in [2.45, 2.75) is 34.2 Å². The third-order valence-corrected chi connectivity index (χ3v) is 5.06. The van der Waals surface area contributed by atoms with E-state index in [1.807, 2.05) is 58.0 Å². The van der Waals surface area contributed by atoms with Crippen molar-refractivity contribution in [1.82, 2.24) is 10.3 Å². The van der Waals surface area contributed by atoms with Crippen LogP contribution in [0.1, 0.15) is 42.4 Å². The fourth-order valence-corrected chi connectivity index (χ4v) is 3.70. The smallest absolute Gasteiger partial charge is 0.252 e. The van der Waals surface area contributed by atoms with Gasteiger partial charge < -0.3 is 19.5 Å². The number of benzene rings is 2. The SMILES string of the molecule is CCOc1cc(CNC(=O)c2cc(C)nc3ccc(Br)cc23)cc(OCC)c1OCC. The molecule has 0 radical (unpaired) electrons. The molecular formula is C24H27BrN2O4. The number of carbonyl (C=O) groups excluding carboxylic acids is 1. The van der Waals surface area contributed by atoms with Gasteiger partial charge in [0.15, 0.2) is 11.5 Å². The quantitative estimate of drug-likeness (QED) is 0.436. The van der Waals surface area contributed by atoms with Gasteiger partial charge in [0.25, 0.3) is 5.91 Å². The fraction of sp³-hybridized carbons (Fsp3) is 0.333. The Morgan fingerprint density at radius 3 is 2.23 bits per heavy atom. The molecule has 1 aromatic heterocycles. The molecule has 6 nitrogen and oxygen atoms in total. The highest BCUT2D eigenvalue weighted by Crippen LogP contribution is 2.39. The maximum atomic E-state index is 13.0. The second-order valence-corrected chi connectivity index (χ2v) is 7.79. The number of carbonyl (C=O) groups is 1. The van der Waals surface area contributed by atoms with Gasteiger partial charge >= 0.3 is 0 Å². The van der Waals surface area contributed by atoms with Gasteiger partial charge in [-0.25, -0.2) is 0 Å². The topological polar surface area (TPSA) is 69.7 Å². The van der Waals surface area contributed by atoms with Crippen LogP contribution in [0.4, 0.5) is 0 Å². The Hall–Kier alpha value is -2.80. The van der Waals surface area contributed by atoms with Gasteiger partial charge in [-0.05, 0) is 69.7 Å². The van der Waals surface area contributed by atoms with Crippen LogP contribution in [0.25, 0.3) is 10.9 Å². The Morgan fingerprint density at radius 2 is 1.61 bits per heavy atom. The van der Waals surface area contributed by atoms with Crippen LogP contribution >= 0.6 is 15.9 Å². The van der Waals surface area contributed by atoms with E-state index in [0.29, 0.717) is 49.2 Å². The number of halogens is 1. The number of fused-ring (bicyclic) bond motifs is 1. The van der Waals surface area contributed by atoms with Gasteiger partial charge in [-0.2, -0.15) is 0 Å². The normalized spacial score (nSPS) is 10.7. The Bertz CT molecular complexity index is 1060. The predicted molar refractivity (Wildman–Crippen MR) is 125 cm³/mol. The van der Waals surface area contributed by atoms with Crippen molar-refractivity contribution in [3.8, 4) is 17.2 Å². The summed E-state index contributed by atoms with van der Waals surface area (Å²) in [5, 5.41) is 3.81. The van der Waals surface area contributed by atoms with Crippen LogP contribution in [0, 0.1) is 6.92 Å². The molecule has 2 aromatic carbocycles. The van der Waals surface area contributed by atoms with Gasteiger partial charge in [0.05, 0.1) is 30.9 Å². The van der Waals surface area contributed by atoms with E-state index in [0.717, 1.165) is 26.6 Å². The molecule has 0 spiro atoms. The minimum atomic E-state index is -0.168. The molecule has 0 bridgehead atoms. The largest absolute Gasteiger partial charge is 0.490 e. The summed E-state index contributed by atoms with van der Waals surface area (Å²) < 4.78 is 18.2. The summed E-state index contributed by atoms with van der Waals surface area (Å²) in [4.78, 5) is 17.6. The molecule has 0 saturated heterocycles. The van der Waals surface area contributed by atoms with E-state index in [1.165, 1.54) is 0 Å². The molecule has 3 rings (SSSR count). The summed E-state index contributed by atoms with van der Waals surface area (Å²) in [6, 6.07) is 11.3. The molecule has 0 aliphatic carbocycles. The van der Waals surface area contributed by atoms with Gasteiger partial charge in [0.2, 0.25) is 5.75 Å². The van der Waals surface area contributed by atoms with Crippen molar-refractivity contribution in [2.24, 2.45) is 0 Å². The first-order valence-corrected chi connectivity index (χ1v) is 11.2. The fourth-order valence-electron chi connectivity index (χ4n) is 3.34. The molecule has 7 heteroatoms. The lowest BCUT2D eigenvalue weighted by Crippen LogP contribution is -2.23. The van der Waals surface area contributed by atoms with Crippen LogP contribution in [-0.2, 0) is 6.54 Å². The standard InChI is InChI=1S/C24H27BrN2O4/c1-5-29-21-11-16(12-22(30-6-2)23(21)31-7-3)14-26-24(28)19-10-15(4)27-20-9-8-17(25)13-18(19)20/h8-13H,5-7,14H2,1-4H3,(H,26,28). The summed E-state index contributed by atoms with van der Waals surface area (Å²) in [6.07, 6.45) is 0. The van der Waals surface area contributed by atoms with E-state index >= 15 is 0 Å². The van der Waals surface area contributed by atoms with Crippen molar-refractivity contribution in [1.29, 1.82) is 0 Å². The minimum absolute atomic E-state index is 0.168. The lowest BCUT2D eigenvalue weighted by molar-refractivity contribution is 0.0952. The number of nitrogens with one attached hydrogen (secondary N) is 1. The summed E-state index contributed by atoms with van der Waals surface area (Å²) in [7, 11) is 0. The third-order valence-electron chi connectivity index (χ3n) is 4.57. The average molecular weight is 487 g/mol. The number of hydrogen-bond acceptors (Lipinski definition) is 5. The second kappa shape index (κ2) is 10.5. The molecule has 0 saturated carbocycles. The van der Waals surface area contributed by atoms with E-state index in [1.54, 1.807) is 6.07 Å². The molecule has 1 N–H and O–H groups in total. The molecule has 31 heavy (non-hydrogen) atoms. The van der Waals surface area contributed by atoms with Gasteiger partial charge in [0.1, 0.15) is 0 Å². The number of ether oxygens (including phenoxy) is 3. The maximum Gasteiger partial charge on any atom is 0.252 e. The number of amides is 1. The lowest BCUT2D eigenvalue weighted by Gasteiger charge is -2.17. The van der Waals surface area contributed by atoms with Crippen LogP contribution in [-0.4, -0.2) is 30.7 Å². The van der Waals surface area contributed by atoms with Gasteiger partial charge in [-0.1, -0.05) is 15.9 Å². The van der Waals surface area contributed by atoms with Crippen LogP contribution in [0.15, 0.2) is 40.9 Å². The highest BCUT2D eigenvalue weighted by atomic mass is 79.9. The summed E-state index contributed by atoms with van der Waals surface area (Å²) >= 11 is 3.48. The first-order chi connectivity index (χ1) is 15.0. The Morgan fingerprint density at radius 1 is 0.968 bits per heavy atom. The lowest BCUT2D eigenvalue weighted by atomic mass is 10.1. The zero-order valence-corrected chi connectivity index (χ0v) is 19.8. The average Bonchev–Trinajstić information content (AvgIpc) is 2.74. The van der Waals surface area contributed by atoms with E-state index in [2.05, 4.69) is 26.2 Å². The predicted octanol–water partition coefficient (Wildman–Crippen LogP) is 5.43. The Kier molecular flexibility index (Phi) is 7.74. The minimum Gasteiger partial charge on any atom is -0.490 e. The molecule has 0 fully saturated rings. The van der Waals surface area contributed by atoms with Crippen molar-refractivity contribution in [3.63, 3.8) is 0 Å². The summed E-state index contributed by atoms with van der Waals surface area (Å²) in [6.45, 7) is 9.45. The van der Waals surface area contributed by atoms with Gasteiger partial charge in [-0.3, -0.25) is 9.78 Å². The first-order valence-electron chi connectivity index (χ1n) is 10.4. The van der Waals surface area contributed by atoms with Crippen molar-refractivity contribution < 1.29 is 19.0 Å². The Balaban J connectivity index is 1.89. The van der Waals surface area contributed by atoms with Crippen molar-refractivity contribution in [2.75, 3.05) is 19.8 Å². The van der Waals surface area contributed by atoms with E-state index in [-0.39, 0.29) is 5.91 Å². The van der Waals surface area contributed by atoms with E-state index in [4.69, 9.17) is 14.2 Å². The van der Waals surface area contributed by atoms with Crippen molar-refractivity contribution in [3.05, 3.63) is 57.7 Å². The molecule has 0 aliphatic rings. The molecule has 1 heterocycles. The number of aromatic nitrogens is 1. The molecule has 1 amide bonds. The first kappa shape index (κ1) is 22.9. The van der Waals surface area contributed by atoms with Crippen molar-refractivity contribution >= 4 is 32.7 Å². The van der Waals surface area contributed by atoms with Crippen LogP contribution in [0.3, 0.4) is 0 Å². The molecule has 0 unspecified atom stereocenters. The highest BCUT2D eigenvalue weighted by molar-refractivity contribution is 9.10.